The van der Waals surface area contributed by atoms with Crippen LogP contribution >= 0.6 is 11.6 Å². The molecule has 2 atom stereocenters. The quantitative estimate of drug-likeness (QED) is 0.843. The molecule has 0 saturated heterocycles. The van der Waals surface area contributed by atoms with Crippen molar-refractivity contribution in [2.75, 3.05) is 6.26 Å². The molecule has 0 aliphatic heterocycles. The molecule has 0 fully saturated rings. The van der Waals surface area contributed by atoms with E-state index in [4.69, 9.17) is 11.6 Å². The fourth-order valence-electron chi connectivity index (χ4n) is 1.93. The Kier molecular flexibility index (Phi) is 5.80. The van der Waals surface area contributed by atoms with Crippen molar-refractivity contribution in [2.45, 2.75) is 43.9 Å². The van der Waals surface area contributed by atoms with Gasteiger partial charge >= 0.3 is 0 Å². The van der Waals surface area contributed by atoms with Crippen LogP contribution in [-0.4, -0.2) is 31.9 Å². The minimum Gasteiger partial charge on any atom is -0.393 e. The van der Waals surface area contributed by atoms with Crippen molar-refractivity contribution in [1.82, 2.24) is 5.32 Å². The molecular weight excluding hydrogens is 286 g/mol. The number of nitrogens with one attached hydrogen (secondary N) is 1. The van der Waals surface area contributed by atoms with E-state index >= 15 is 0 Å². The molecule has 19 heavy (non-hydrogen) atoms. The average Bonchev–Trinajstić information content (AvgIpc) is 2.24. The van der Waals surface area contributed by atoms with Gasteiger partial charge in [-0.2, -0.15) is 0 Å². The molecule has 0 spiro atoms. The highest BCUT2D eigenvalue weighted by atomic mass is 35.5. The van der Waals surface area contributed by atoms with Crippen molar-refractivity contribution >= 4 is 21.4 Å². The summed E-state index contributed by atoms with van der Waals surface area (Å²) < 4.78 is 23.4. The standard InChI is InChI=1S/C13H20ClNO3S/c1-9(7-10(2)16)15-8-11-12(14)5-4-6-13(11)19(3,17)18/h4-6,9-10,15-16H,7-8H2,1-3H3. The van der Waals surface area contributed by atoms with Gasteiger partial charge in [0.05, 0.1) is 11.0 Å². The van der Waals surface area contributed by atoms with Gasteiger partial charge in [0, 0.05) is 29.4 Å². The summed E-state index contributed by atoms with van der Waals surface area (Å²) in [7, 11) is -3.30. The Hall–Kier alpha value is -0.620. The molecule has 1 aromatic rings. The number of halogens is 1. The Balaban J connectivity index is 2.89. The van der Waals surface area contributed by atoms with Gasteiger partial charge in [0.15, 0.2) is 9.84 Å². The summed E-state index contributed by atoms with van der Waals surface area (Å²) in [5, 5.41) is 12.9. The lowest BCUT2D eigenvalue weighted by molar-refractivity contribution is 0.170. The van der Waals surface area contributed by atoms with E-state index in [0.29, 0.717) is 23.6 Å². The maximum absolute atomic E-state index is 11.7. The third-order valence-corrected chi connectivity index (χ3v) is 4.33. The van der Waals surface area contributed by atoms with Gasteiger partial charge in [-0.15, -0.1) is 0 Å². The molecular formula is C13H20ClNO3S. The van der Waals surface area contributed by atoms with Crippen LogP contribution in [0.15, 0.2) is 23.1 Å². The molecule has 0 aliphatic rings. The first-order valence-corrected chi connectivity index (χ1v) is 8.37. The number of hydrogen-bond donors (Lipinski definition) is 2. The van der Waals surface area contributed by atoms with E-state index in [1.54, 1.807) is 25.1 Å². The van der Waals surface area contributed by atoms with Crippen LogP contribution in [0.1, 0.15) is 25.8 Å². The fraction of sp³-hybridized carbons (Fsp3) is 0.538. The molecule has 2 N–H and O–H groups in total. The molecule has 0 radical (unpaired) electrons. The second-order valence-electron chi connectivity index (χ2n) is 4.86. The molecule has 4 nitrogen and oxygen atoms in total. The summed E-state index contributed by atoms with van der Waals surface area (Å²) in [4.78, 5) is 0.247. The lowest BCUT2D eigenvalue weighted by atomic mass is 10.1. The maximum atomic E-state index is 11.7. The summed E-state index contributed by atoms with van der Waals surface area (Å²) in [6, 6.07) is 4.93. The van der Waals surface area contributed by atoms with Crippen LogP contribution in [0.2, 0.25) is 5.02 Å². The van der Waals surface area contributed by atoms with E-state index in [0.717, 1.165) is 0 Å². The molecule has 0 saturated carbocycles. The summed E-state index contributed by atoms with van der Waals surface area (Å²) >= 11 is 6.07. The largest absolute Gasteiger partial charge is 0.393 e. The van der Waals surface area contributed by atoms with Crippen LogP contribution in [0, 0.1) is 0 Å². The Morgan fingerprint density at radius 1 is 1.37 bits per heavy atom. The van der Waals surface area contributed by atoms with E-state index in [1.807, 2.05) is 6.92 Å². The van der Waals surface area contributed by atoms with E-state index < -0.39 is 15.9 Å². The first kappa shape index (κ1) is 16.4. The van der Waals surface area contributed by atoms with Gasteiger partial charge in [-0.3, -0.25) is 0 Å². The van der Waals surface area contributed by atoms with E-state index in [2.05, 4.69) is 5.32 Å². The van der Waals surface area contributed by atoms with Crippen LogP contribution in [0.4, 0.5) is 0 Å². The summed E-state index contributed by atoms with van der Waals surface area (Å²) in [6.07, 6.45) is 1.36. The zero-order valence-corrected chi connectivity index (χ0v) is 12.9. The third kappa shape index (κ3) is 5.10. The van der Waals surface area contributed by atoms with Crippen molar-refractivity contribution in [3.05, 3.63) is 28.8 Å². The Labute approximate surface area is 119 Å². The van der Waals surface area contributed by atoms with Crippen LogP contribution in [-0.2, 0) is 16.4 Å². The van der Waals surface area contributed by atoms with E-state index in [1.165, 1.54) is 6.26 Å². The smallest absolute Gasteiger partial charge is 0.175 e. The van der Waals surface area contributed by atoms with Gasteiger partial charge in [-0.1, -0.05) is 17.7 Å². The van der Waals surface area contributed by atoms with Crippen molar-refractivity contribution in [3.8, 4) is 0 Å². The molecule has 0 aromatic heterocycles. The third-order valence-electron chi connectivity index (χ3n) is 2.80. The predicted octanol–water partition coefficient (Wildman–Crippen LogP) is 1.99. The summed E-state index contributed by atoms with van der Waals surface area (Å²) in [5.41, 5.74) is 0.573. The number of benzene rings is 1. The van der Waals surface area contributed by atoms with Crippen LogP contribution < -0.4 is 5.32 Å². The SMILES string of the molecule is CC(O)CC(C)NCc1c(Cl)cccc1S(C)(=O)=O. The van der Waals surface area contributed by atoms with E-state index in [-0.39, 0.29) is 10.9 Å². The van der Waals surface area contributed by atoms with Crippen LogP contribution in [0.3, 0.4) is 0 Å². The number of aliphatic hydroxyl groups is 1. The molecule has 2 unspecified atom stereocenters. The molecule has 0 heterocycles. The lowest BCUT2D eigenvalue weighted by Crippen LogP contribution is -2.29. The monoisotopic (exact) mass is 305 g/mol. The molecule has 0 aliphatic carbocycles. The van der Waals surface area contributed by atoms with Crippen molar-refractivity contribution in [1.29, 1.82) is 0 Å². The van der Waals surface area contributed by atoms with Crippen LogP contribution in [0.25, 0.3) is 0 Å². The second kappa shape index (κ2) is 6.70. The Morgan fingerprint density at radius 2 is 2.00 bits per heavy atom. The minimum atomic E-state index is -3.30. The highest BCUT2D eigenvalue weighted by Gasteiger charge is 2.16. The lowest BCUT2D eigenvalue weighted by Gasteiger charge is -2.17. The number of hydrogen-bond acceptors (Lipinski definition) is 4. The number of aliphatic hydroxyl groups excluding tert-OH is 1. The first-order chi connectivity index (χ1) is 8.71. The number of rotatable bonds is 6. The molecule has 1 aromatic carbocycles. The Morgan fingerprint density at radius 3 is 2.53 bits per heavy atom. The van der Waals surface area contributed by atoms with E-state index in [9.17, 15) is 13.5 Å². The van der Waals surface area contributed by atoms with Gasteiger partial charge in [0.25, 0.3) is 0 Å². The van der Waals surface area contributed by atoms with Crippen molar-refractivity contribution < 1.29 is 13.5 Å². The van der Waals surface area contributed by atoms with Gasteiger partial charge in [-0.25, -0.2) is 8.42 Å². The molecule has 1 rings (SSSR count). The highest BCUT2D eigenvalue weighted by molar-refractivity contribution is 7.90. The molecule has 0 amide bonds. The molecule has 6 heteroatoms. The minimum absolute atomic E-state index is 0.0729. The molecule has 0 bridgehead atoms. The van der Waals surface area contributed by atoms with Gasteiger partial charge in [-0.05, 0) is 32.4 Å². The van der Waals surface area contributed by atoms with Crippen molar-refractivity contribution in [3.63, 3.8) is 0 Å². The number of sulfone groups is 1. The second-order valence-corrected chi connectivity index (χ2v) is 7.25. The summed E-state index contributed by atoms with van der Waals surface area (Å²) in [5.74, 6) is 0. The van der Waals surface area contributed by atoms with Crippen LogP contribution in [0.5, 0.6) is 0 Å². The highest BCUT2D eigenvalue weighted by Crippen LogP contribution is 2.24. The Bertz CT molecular complexity index is 529. The predicted molar refractivity (Wildman–Crippen MR) is 77.2 cm³/mol. The van der Waals surface area contributed by atoms with Gasteiger partial charge in [0.2, 0.25) is 0 Å². The average molecular weight is 306 g/mol. The first-order valence-electron chi connectivity index (χ1n) is 6.10. The van der Waals surface area contributed by atoms with Gasteiger partial charge < -0.3 is 10.4 Å². The normalized spacial score (nSPS) is 15.2. The van der Waals surface area contributed by atoms with Crippen molar-refractivity contribution in [2.24, 2.45) is 0 Å². The van der Waals surface area contributed by atoms with Gasteiger partial charge in [0.1, 0.15) is 0 Å². The zero-order valence-electron chi connectivity index (χ0n) is 11.4. The topological polar surface area (TPSA) is 66.4 Å². The fourth-order valence-corrected chi connectivity index (χ4v) is 3.18. The zero-order chi connectivity index (χ0) is 14.6. The summed E-state index contributed by atoms with van der Waals surface area (Å²) in [6.45, 7) is 4.01. The molecule has 108 valence electrons. The maximum Gasteiger partial charge on any atom is 0.175 e.